The molecule has 1 saturated heterocycles. The van der Waals surface area contributed by atoms with Gasteiger partial charge in [-0.2, -0.15) is 0 Å². The largest absolute Gasteiger partial charge is 0.396 e. The Hall–Kier alpha value is -2.20. The molecular formula is C22H27N3O4S2. The van der Waals surface area contributed by atoms with Crippen LogP contribution in [0.25, 0.3) is 21.3 Å². The van der Waals surface area contributed by atoms with Crippen LogP contribution in [-0.2, 0) is 21.2 Å². The number of hydrogen-bond acceptors (Lipinski definition) is 5. The number of nitrogens with zero attached hydrogens (tertiary/aromatic N) is 1. The maximum Gasteiger partial charge on any atom is 0.221 e. The fraction of sp³-hybridized carbons (Fsp3) is 0.409. The number of fused-ring (bicyclic) bond motifs is 1. The van der Waals surface area contributed by atoms with Gasteiger partial charge >= 0.3 is 0 Å². The molecule has 0 spiro atoms. The van der Waals surface area contributed by atoms with E-state index in [4.69, 9.17) is 10.8 Å². The molecule has 166 valence electrons. The van der Waals surface area contributed by atoms with Crippen LogP contribution in [0, 0.1) is 0 Å². The number of carbonyl (C=O) groups is 1. The summed E-state index contributed by atoms with van der Waals surface area (Å²) in [6, 6.07) is 8.24. The van der Waals surface area contributed by atoms with Gasteiger partial charge in [0.25, 0.3) is 0 Å². The van der Waals surface area contributed by atoms with E-state index in [1.165, 1.54) is 0 Å². The summed E-state index contributed by atoms with van der Waals surface area (Å²) in [5.74, 6) is -0.151. The number of H-pyrrole nitrogens is 1. The van der Waals surface area contributed by atoms with Crippen LogP contribution in [0.4, 0.5) is 0 Å². The van der Waals surface area contributed by atoms with Crippen LogP contribution in [0.3, 0.4) is 0 Å². The molecule has 3 aromatic rings. The third-order valence-corrected chi connectivity index (χ3v) is 8.80. The second-order valence-corrected chi connectivity index (χ2v) is 11.0. The topological polar surface area (TPSA) is 116 Å². The molecule has 3 heterocycles. The van der Waals surface area contributed by atoms with Crippen LogP contribution in [0.2, 0.25) is 0 Å². The molecule has 1 aliphatic heterocycles. The number of hydrogen-bond donors (Lipinski definition) is 3. The van der Waals surface area contributed by atoms with Crippen molar-refractivity contribution < 1.29 is 18.3 Å². The Labute approximate surface area is 185 Å². The number of rotatable bonds is 8. The summed E-state index contributed by atoms with van der Waals surface area (Å²) >= 11 is 1.65. The highest BCUT2D eigenvalue weighted by Crippen LogP contribution is 2.38. The first-order valence-corrected chi connectivity index (χ1v) is 12.9. The normalized spacial score (nSPS) is 16.2. The molecule has 2 aromatic heterocycles. The lowest BCUT2D eigenvalue weighted by Crippen LogP contribution is -2.39. The van der Waals surface area contributed by atoms with E-state index < -0.39 is 10.0 Å². The Morgan fingerprint density at radius 2 is 2.06 bits per heavy atom. The number of aliphatic hydroxyl groups is 1. The van der Waals surface area contributed by atoms with Gasteiger partial charge in [-0.3, -0.25) is 4.79 Å². The van der Waals surface area contributed by atoms with E-state index in [9.17, 15) is 13.2 Å². The molecule has 0 aliphatic carbocycles. The number of nitrogens with one attached hydrogen (secondary N) is 1. The van der Waals surface area contributed by atoms with Gasteiger partial charge in [-0.25, -0.2) is 12.7 Å². The van der Waals surface area contributed by atoms with Crippen molar-refractivity contribution in [3.8, 4) is 10.4 Å². The number of amides is 1. The first kappa shape index (κ1) is 22.0. The van der Waals surface area contributed by atoms with Crippen molar-refractivity contribution >= 4 is 38.2 Å². The molecule has 1 amide bonds. The lowest BCUT2D eigenvalue weighted by molar-refractivity contribution is -0.117. The lowest BCUT2D eigenvalue weighted by Gasteiger charge is -2.31. The number of thiophene rings is 1. The van der Waals surface area contributed by atoms with Gasteiger partial charge in [-0.1, -0.05) is 6.07 Å². The highest BCUT2D eigenvalue weighted by Gasteiger charge is 2.29. The van der Waals surface area contributed by atoms with E-state index in [0.717, 1.165) is 45.3 Å². The second-order valence-electron chi connectivity index (χ2n) is 7.99. The number of primary amides is 1. The molecular weight excluding hydrogens is 434 g/mol. The molecule has 1 aliphatic rings. The molecule has 4 N–H and O–H groups in total. The van der Waals surface area contributed by atoms with Crippen molar-refractivity contribution in [3.63, 3.8) is 0 Å². The van der Waals surface area contributed by atoms with E-state index in [0.29, 0.717) is 13.1 Å². The molecule has 0 unspecified atom stereocenters. The van der Waals surface area contributed by atoms with E-state index in [1.54, 1.807) is 15.6 Å². The van der Waals surface area contributed by atoms with Crippen molar-refractivity contribution in [2.24, 2.45) is 5.73 Å². The number of aliphatic hydroxyl groups excluding tert-OH is 1. The number of sulfonamides is 1. The van der Waals surface area contributed by atoms with E-state index in [-0.39, 0.29) is 37.0 Å². The zero-order valence-corrected chi connectivity index (χ0v) is 18.8. The minimum Gasteiger partial charge on any atom is -0.396 e. The van der Waals surface area contributed by atoms with Crippen molar-refractivity contribution in [2.45, 2.75) is 31.6 Å². The summed E-state index contributed by atoms with van der Waals surface area (Å²) in [4.78, 5) is 16.1. The first-order valence-electron chi connectivity index (χ1n) is 10.4. The monoisotopic (exact) mass is 461 g/mol. The van der Waals surface area contributed by atoms with Gasteiger partial charge in [0.1, 0.15) is 0 Å². The Bertz CT molecular complexity index is 1160. The van der Waals surface area contributed by atoms with Crippen LogP contribution in [0.15, 0.2) is 35.8 Å². The van der Waals surface area contributed by atoms with E-state index in [2.05, 4.69) is 17.1 Å². The molecule has 4 rings (SSSR count). The number of aromatic nitrogens is 1. The van der Waals surface area contributed by atoms with Gasteiger partial charge in [-0.05, 0) is 65.4 Å². The van der Waals surface area contributed by atoms with Crippen molar-refractivity contribution in [1.82, 2.24) is 9.29 Å². The number of nitrogens with two attached hydrogens (primary N) is 1. The molecule has 1 aromatic carbocycles. The smallest absolute Gasteiger partial charge is 0.221 e. The molecule has 0 atom stereocenters. The molecule has 1 fully saturated rings. The molecule has 31 heavy (non-hydrogen) atoms. The average Bonchev–Trinajstić information content (AvgIpc) is 3.42. The van der Waals surface area contributed by atoms with Crippen molar-refractivity contribution in [1.29, 1.82) is 0 Å². The number of carbonyl (C=O) groups excluding carboxylic acids is 1. The quantitative estimate of drug-likeness (QED) is 0.478. The fourth-order valence-corrected chi connectivity index (χ4v) is 6.63. The standard InChI is InChI=1S/C22H27N3O4S2/c23-21(27)13-17-11-16(20-3-1-9-30-20)12-18-19(14-24-22(17)18)15-4-6-25(7-5-15)31(28,29)10-2-8-26/h1,3,9,11-12,14-15,24,26H,2,4-8,10,13H2,(H2,23,27). The molecule has 9 heteroatoms. The van der Waals surface area contributed by atoms with Crippen LogP contribution < -0.4 is 5.73 Å². The first-order chi connectivity index (χ1) is 14.9. The summed E-state index contributed by atoms with van der Waals surface area (Å²) in [5, 5.41) is 12.0. The third kappa shape index (κ3) is 4.69. The van der Waals surface area contributed by atoms with Gasteiger partial charge in [0, 0.05) is 41.7 Å². The Kier molecular flexibility index (Phi) is 6.47. The lowest BCUT2D eigenvalue weighted by atomic mass is 9.89. The Morgan fingerprint density at radius 1 is 1.29 bits per heavy atom. The molecule has 0 radical (unpaired) electrons. The zero-order chi connectivity index (χ0) is 22.0. The second kappa shape index (κ2) is 9.12. The molecule has 0 saturated carbocycles. The number of benzene rings is 1. The van der Waals surface area contributed by atoms with Crippen LogP contribution in [0.5, 0.6) is 0 Å². The van der Waals surface area contributed by atoms with E-state index in [1.807, 2.05) is 23.7 Å². The summed E-state index contributed by atoms with van der Waals surface area (Å²) in [5.41, 5.74) is 9.52. The number of piperidine rings is 1. The van der Waals surface area contributed by atoms with Crippen LogP contribution >= 0.6 is 11.3 Å². The highest BCUT2D eigenvalue weighted by atomic mass is 32.2. The van der Waals surface area contributed by atoms with Crippen LogP contribution in [-0.4, -0.2) is 54.2 Å². The predicted molar refractivity (Wildman–Crippen MR) is 124 cm³/mol. The third-order valence-electron chi connectivity index (χ3n) is 5.92. The van der Waals surface area contributed by atoms with Gasteiger partial charge in [-0.15, -0.1) is 11.3 Å². The maximum atomic E-state index is 12.4. The summed E-state index contributed by atoms with van der Waals surface area (Å²) < 4.78 is 26.4. The molecule has 7 nitrogen and oxygen atoms in total. The summed E-state index contributed by atoms with van der Waals surface area (Å²) in [6.45, 7) is 0.832. The Morgan fingerprint density at radius 3 is 2.71 bits per heavy atom. The average molecular weight is 462 g/mol. The van der Waals surface area contributed by atoms with Crippen molar-refractivity contribution in [2.75, 3.05) is 25.4 Å². The fourth-order valence-electron chi connectivity index (χ4n) is 4.40. The van der Waals surface area contributed by atoms with Gasteiger partial charge in [0.15, 0.2) is 0 Å². The van der Waals surface area contributed by atoms with E-state index >= 15 is 0 Å². The summed E-state index contributed by atoms with van der Waals surface area (Å²) in [6.07, 6.45) is 3.89. The minimum absolute atomic E-state index is 0.0120. The Balaban J connectivity index is 1.63. The predicted octanol–water partition coefficient (Wildman–Crippen LogP) is 2.82. The summed E-state index contributed by atoms with van der Waals surface area (Å²) in [7, 11) is -3.32. The maximum absolute atomic E-state index is 12.4. The highest BCUT2D eigenvalue weighted by molar-refractivity contribution is 7.89. The zero-order valence-electron chi connectivity index (χ0n) is 17.2. The van der Waals surface area contributed by atoms with Crippen molar-refractivity contribution in [3.05, 3.63) is 47.0 Å². The van der Waals surface area contributed by atoms with Gasteiger partial charge < -0.3 is 15.8 Å². The molecule has 0 bridgehead atoms. The SMILES string of the molecule is NC(=O)Cc1cc(-c2cccs2)cc2c(C3CCN(S(=O)(=O)CCCO)CC3)c[nH]c12. The van der Waals surface area contributed by atoms with Gasteiger partial charge in [0.2, 0.25) is 15.9 Å². The number of aromatic amines is 1. The van der Waals surface area contributed by atoms with Gasteiger partial charge in [0.05, 0.1) is 12.2 Å². The van der Waals surface area contributed by atoms with Crippen LogP contribution in [0.1, 0.15) is 36.3 Å². The minimum atomic E-state index is -3.32.